The smallest absolute Gasteiger partial charge is 0.256 e. The van der Waals surface area contributed by atoms with Crippen LogP contribution < -0.4 is 5.32 Å². The molecular formula is C14H10N2OS2. The number of hydrogen-bond donors (Lipinski definition) is 2. The molecule has 0 unspecified atom stereocenters. The van der Waals surface area contributed by atoms with Gasteiger partial charge in [-0.05, 0) is 30.3 Å². The summed E-state index contributed by atoms with van der Waals surface area (Å²) in [6, 6.07) is 7.99. The molecule has 0 fully saturated rings. The van der Waals surface area contributed by atoms with Crippen molar-refractivity contribution in [3.05, 3.63) is 41.7 Å². The van der Waals surface area contributed by atoms with Gasteiger partial charge in [-0.3, -0.25) is 4.79 Å². The highest BCUT2D eigenvalue weighted by Crippen LogP contribution is 2.50. The van der Waals surface area contributed by atoms with Gasteiger partial charge in [0.05, 0.1) is 11.3 Å². The predicted octanol–water partition coefficient (Wildman–Crippen LogP) is 3.66. The maximum atomic E-state index is 12.1. The van der Waals surface area contributed by atoms with Crippen molar-refractivity contribution in [2.45, 2.75) is 9.79 Å². The van der Waals surface area contributed by atoms with Crippen molar-refractivity contribution in [3.63, 3.8) is 0 Å². The third-order valence-electron chi connectivity index (χ3n) is 3.22. The molecule has 0 aliphatic carbocycles. The van der Waals surface area contributed by atoms with Crippen LogP contribution in [0.3, 0.4) is 0 Å². The van der Waals surface area contributed by atoms with Gasteiger partial charge in [0.15, 0.2) is 0 Å². The number of nitrogens with one attached hydrogen (secondary N) is 2. The fourth-order valence-electron chi connectivity index (χ4n) is 2.37. The summed E-state index contributed by atoms with van der Waals surface area (Å²) in [6.45, 7) is 0. The van der Waals surface area contributed by atoms with Crippen molar-refractivity contribution >= 4 is 46.8 Å². The second kappa shape index (κ2) is 4.21. The Hall–Kier alpha value is -1.59. The zero-order valence-corrected chi connectivity index (χ0v) is 11.5. The number of benzene rings is 1. The molecule has 0 atom stereocenters. The lowest BCUT2D eigenvalue weighted by atomic mass is 10.1. The van der Waals surface area contributed by atoms with Crippen LogP contribution in [0.15, 0.2) is 40.3 Å². The molecule has 2 N–H and O–H groups in total. The number of anilines is 1. The average molecular weight is 286 g/mol. The SMILES string of the molecule is O=C1Nc2ccc3c(c2/C1=C/c1ccc[nH]1)SCS3. The van der Waals surface area contributed by atoms with Crippen molar-refractivity contribution in [1.82, 2.24) is 4.98 Å². The molecule has 2 aliphatic rings. The lowest BCUT2D eigenvalue weighted by Crippen LogP contribution is -2.03. The molecule has 3 nitrogen and oxygen atoms in total. The van der Waals surface area contributed by atoms with E-state index in [-0.39, 0.29) is 5.91 Å². The van der Waals surface area contributed by atoms with Crippen LogP contribution in [0.2, 0.25) is 0 Å². The lowest BCUT2D eigenvalue weighted by molar-refractivity contribution is -0.110. The van der Waals surface area contributed by atoms with Crippen molar-refractivity contribution in [3.8, 4) is 0 Å². The van der Waals surface area contributed by atoms with Gasteiger partial charge in [-0.1, -0.05) is 0 Å². The topological polar surface area (TPSA) is 44.9 Å². The number of thioether (sulfide) groups is 2. The largest absolute Gasteiger partial charge is 0.362 e. The molecule has 2 aromatic rings. The number of rotatable bonds is 1. The fraction of sp³-hybridized carbons (Fsp3) is 0.0714. The van der Waals surface area contributed by atoms with Crippen LogP contribution in [0.5, 0.6) is 0 Å². The Balaban J connectivity index is 1.92. The third kappa shape index (κ3) is 1.73. The molecule has 94 valence electrons. The van der Waals surface area contributed by atoms with Crippen molar-refractivity contribution in [2.75, 3.05) is 10.4 Å². The van der Waals surface area contributed by atoms with E-state index in [0.717, 1.165) is 27.6 Å². The number of H-pyrrole nitrogens is 1. The van der Waals surface area contributed by atoms with Gasteiger partial charge < -0.3 is 10.3 Å². The van der Waals surface area contributed by atoms with E-state index in [4.69, 9.17) is 0 Å². The van der Waals surface area contributed by atoms with E-state index in [9.17, 15) is 4.79 Å². The van der Waals surface area contributed by atoms with E-state index in [0.29, 0.717) is 0 Å². The minimum absolute atomic E-state index is 0.0181. The quantitative estimate of drug-likeness (QED) is 0.786. The van der Waals surface area contributed by atoms with Gasteiger partial charge in [-0.15, -0.1) is 23.5 Å². The number of amides is 1. The Bertz CT molecular complexity index is 704. The van der Waals surface area contributed by atoms with Gasteiger partial charge in [-0.25, -0.2) is 0 Å². The molecule has 1 aromatic heterocycles. The normalized spacial score (nSPS) is 18.5. The Morgan fingerprint density at radius 1 is 1.21 bits per heavy atom. The maximum Gasteiger partial charge on any atom is 0.256 e. The van der Waals surface area contributed by atoms with Crippen LogP contribution in [0, 0.1) is 0 Å². The Kier molecular flexibility index (Phi) is 2.50. The molecule has 0 radical (unpaired) electrons. The second-order valence-corrected chi connectivity index (χ2v) is 6.73. The first kappa shape index (κ1) is 11.3. The number of carbonyl (C=O) groups is 1. The highest BCUT2D eigenvalue weighted by Gasteiger charge is 2.30. The molecule has 5 heteroatoms. The lowest BCUT2D eigenvalue weighted by Gasteiger charge is -2.04. The monoisotopic (exact) mass is 286 g/mol. The molecule has 19 heavy (non-hydrogen) atoms. The molecule has 4 rings (SSSR count). The third-order valence-corrected chi connectivity index (χ3v) is 5.66. The van der Waals surface area contributed by atoms with Gasteiger partial charge in [0.25, 0.3) is 5.91 Å². The first-order valence-corrected chi connectivity index (χ1v) is 7.89. The fourth-order valence-corrected chi connectivity index (χ4v) is 4.91. The minimum Gasteiger partial charge on any atom is -0.362 e. The van der Waals surface area contributed by atoms with Gasteiger partial charge >= 0.3 is 0 Å². The molecule has 2 aliphatic heterocycles. The van der Waals surface area contributed by atoms with E-state index in [2.05, 4.69) is 16.4 Å². The van der Waals surface area contributed by atoms with Crippen molar-refractivity contribution in [2.24, 2.45) is 0 Å². The average Bonchev–Trinajstić information content (AvgIpc) is 3.10. The van der Waals surface area contributed by atoms with E-state index < -0.39 is 0 Å². The van der Waals surface area contributed by atoms with E-state index in [1.165, 1.54) is 9.79 Å². The van der Waals surface area contributed by atoms with Crippen molar-refractivity contribution in [1.29, 1.82) is 0 Å². The summed E-state index contributed by atoms with van der Waals surface area (Å²) >= 11 is 3.65. The Labute approximate surface area is 118 Å². The number of fused-ring (bicyclic) bond motifs is 3. The standard InChI is InChI=1S/C14H10N2OS2/c17-14-9(6-8-2-1-5-15-8)12-10(16-14)3-4-11-13(12)19-7-18-11/h1-6,15H,7H2,(H,16,17)/b9-6-. The minimum atomic E-state index is -0.0181. The maximum absolute atomic E-state index is 12.1. The molecular weight excluding hydrogens is 276 g/mol. The molecule has 0 bridgehead atoms. The van der Waals surface area contributed by atoms with Gasteiger partial charge in [0.2, 0.25) is 0 Å². The summed E-state index contributed by atoms with van der Waals surface area (Å²) in [4.78, 5) is 17.8. The highest BCUT2D eigenvalue weighted by atomic mass is 32.2. The summed E-state index contributed by atoms with van der Waals surface area (Å²) in [5.41, 5.74) is 3.69. The number of aromatic amines is 1. The molecule has 0 spiro atoms. The van der Waals surface area contributed by atoms with Crippen LogP contribution in [0.1, 0.15) is 11.3 Å². The van der Waals surface area contributed by atoms with Crippen LogP contribution in [0.4, 0.5) is 5.69 Å². The molecule has 1 amide bonds. The summed E-state index contributed by atoms with van der Waals surface area (Å²) in [7, 11) is 0. The van der Waals surface area contributed by atoms with Gasteiger partial charge in [-0.2, -0.15) is 0 Å². The second-order valence-electron chi connectivity index (χ2n) is 4.36. The van der Waals surface area contributed by atoms with Crippen LogP contribution >= 0.6 is 23.5 Å². The Morgan fingerprint density at radius 3 is 3.00 bits per heavy atom. The summed E-state index contributed by atoms with van der Waals surface area (Å²) in [5, 5.41) is 3.97. The highest BCUT2D eigenvalue weighted by molar-refractivity contribution is 8.18. The molecule has 1 aromatic carbocycles. The summed E-state index contributed by atoms with van der Waals surface area (Å²) in [6.07, 6.45) is 3.78. The first-order chi connectivity index (χ1) is 9.33. The molecule has 0 saturated heterocycles. The molecule has 0 saturated carbocycles. The summed E-state index contributed by atoms with van der Waals surface area (Å²) < 4.78 is 0. The van der Waals surface area contributed by atoms with Crippen LogP contribution in [-0.2, 0) is 4.79 Å². The Morgan fingerprint density at radius 2 is 2.16 bits per heavy atom. The molecule has 3 heterocycles. The first-order valence-electron chi connectivity index (χ1n) is 5.92. The van der Waals surface area contributed by atoms with Crippen LogP contribution in [0.25, 0.3) is 11.6 Å². The van der Waals surface area contributed by atoms with Gasteiger partial charge in [0.1, 0.15) is 0 Å². The zero-order chi connectivity index (χ0) is 12.8. The number of hydrogen-bond acceptors (Lipinski definition) is 3. The summed E-state index contributed by atoms with van der Waals surface area (Å²) in [5.74, 6) is -0.0181. The van der Waals surface area contributed by atoms with Crippen LogP contribution in [-0.4, -0.2) is 16.0 Å². The van der Waals surface area contributed by atoms with E-state index >= 15 is 0 Å². The number of aromatic nitrogens is 1. The predicted molar refractivity (Wildman–Crippen MR) is 80.3 cm³/mol. The van der Waals surface area contributed by atoms with E-state index in [1.54, 1.807) is 0 Å². The van der Waals surface area contributed by atoms with Gasteiger partial charge in [0, 0.05) is 32.3 Å². The zero-order valence-electron chi connectivity index (χ0n) is 9.90. The van der Waals surface area contributed by atoms with Crippen molar-refractivity contribution < 1.29 is 4.79 Å². The number of carbonyl (C=O) groups excluding carboxylic acids is 1. The van der Waals surface area contributed by atoms with E-state index in [1.807, 2.05) is 54.0 Å².